The molecule has 1 N–H and O–H groups in total. The number of rotatable bonds is 7. The van der Waals surface area contributed by atoms with Crippen LogP contribution in [0.5, 0.6) is 11.5 Å². The van der Waals surface area contributed by atoms with E-state index in [1.54, 1.807) is 67.6 Å². The Morgan fingerprint density at radius 3 is 2.29 bits per heavy atom. The second-order valence-electron chi connectivity index (χ2n) is 6.72. The van der Waals surface area contributed by atoms with E-state index in [0.717, 1.165) is 11.1 Å². The number of hydrogen-bond donors (Lipinski definition) is 1. The number of hydrazone groups is 1. The number of benzene rings is 3. The lowest BCUT2D eigenvalue weighted by Gasteiger charge is -2.12. The van der Waals surface area contributed by atoms with E-state index >= 15 is 0 Å². The fraction of sp³-hybridized carbons (Fsp3) is 0.125. The van der Waals surface area contributed by atoms with Crippen LogP contribution in [0.15, 0.2) is 77.9 Å². The second kappa shape index (κ2) is 10.4. The molecule has 3 rings (SSSR count). The molecule has 0 aliphatic heterocycles. The van der Waals surface area contributed by atoms with Gasteiger partial charge in [-0.2, -0.15) is 5.10 Å². The Morgan fingerprint density at radius 2 is 1.61 bits per heavy atom. The first kappa shape index (κ1) is 22.1. The highest BCUT2D eigenvalue weighted by atomic mass is 35.5. The lowest BCUT2D eigenvalue weighted by atomic mass is 10.1. The van der Waals surface area contributed by atoms with Gasteiger partial charge in [0.1, 0.15) is 11.5 Å². The van der Waals surface area contributed by atoms with Crippen LogP contribution in [0.3, 0.4) is 0 Å². The van der Waals surface area contributed by atoms with Crippen LogP contribution in [-0.4, -0.2) is 24.2 Å². The molecule has 1 unspecified atom stereocenters. The van der Waals surface area contributed by atoms with Crippen molar-refractivity contribution in [3.8, 4) is 11.5 Å². The summed E-state index contributed by atoms with van der Waals surface area (Å²) in [6.45, 7) is 3.48. The van der Waals surface area contributed by atoms with Crippen LogP contribution < -0.4 is 14.9 Å². The maximum atomic E-state index is 12.3. The van der Waals surface area contributed by atoms with E-state index in [4.69, 9.17) is 21.1 Å². The molecule has 6 nitrogen and oxygen atoms in total. The average molecular weight is 437 g/mol. The number of nitrogens with zero attached hydrogens (tertiary/aromatic N) is 1. The van der Waals surface area contributed by atoms with Crippen molar-refractivity contribution in [1.82, 2.24) is 5.43 Å². The van der Waals surface area contributed by atoms with Crippen molar-refractivity contribution in [2.75, 3.05) is 0 Å². The molecule has 0 bridgehead atoms. The number of esters is 1. The van der Waals surface area contributed by atoms with Crippen molar-refractivity contribution >= 4 is 29.7 Å². The zero-order chi connectivity index (χ0) is 22.2. The monoisotopic (exact) mass is 436 g/mol. The summed E-state index contributed by atoms with van der Waals surface area (Å²) in [7, 11) is 0. The van der Waals surface area contributed by atoms with Crippen molar-refractivity contribution in [1.29, 1.82) is 0 Å². The van der Waals surface area contributed by atoms with E-state index in [0.29, 0.717) is 22.1 Å². The number of amides is 1. The van der Waals surface area contributed by atoms with Crippen molar-refractivity contribution in [3.05, 3.63) is 94.5 Å². The van der Waals surface area contributed by atoms with E-state index in [2.05, 4.69) is 10.5 Å². The van der Waals surface area contributed by atoms with Crippen LogP contribution in [0.25, 0.3) is 0 Å². The Bertz CT molecular complexity index is 1080. The SMILES string of the molecule is Cc1ccccc1C(=O)Oc1ccc(/C=N/NC(=O)C(C)Oc2ccc(Cl)cc2)cc1. The summed E-state index contributed by atoms with van der Waals surface area (Å²) in [6.07, 6.45) is 0.751. The Hall–Kier alpha value is -3.64. The van der Waals surface area contributed by atoms with E-state index in [9.17, 15) is 9.59 Å². The van der Waals surface area contributed by atoms with Crippen LogP contribution in [0.4, 0.5) is 0 Å². The van der Waals surface area contributed by atoms with Gasteiger partial charge in [-0.25, -0.2) is 10.2 Å². The highest BCUT2D eigenvalue weighted by Gasteiger charge is 2.14. The normalized spacial score (nSPS) is 11.7. The molecule has 0 aromatic heterocycles. The minimum atomic E-state index is -0.735. The molecule has 0 saturated carbocycles. The first-order valence-electron chi connectivity index (χ1n) is 9.55. The Labute approximate surface area is 185 Å². The fourth-order valence-corrected chi connectivity index (χ4v) is 2.74. The molecule has 0 saturated heterocycles. The van der Waals surface area contributed by atoms with Gasteiger partial charge in [-0.3, -0.25) is 4.79 Å². The van der Waals surface area contributed by atoms with Gasteiger partial charge in [-0.05, 0) is 79.6 Å². The minimum Gasteiger partial charge on any atom is -0.481 e. The van der Waals surface area contributed by atoms with E-state index in [1.807, 2.05) is 19.1 Å². The fourth-order valence-electron chi connectivity index (χ4n) is 2.62. The summed E-state index contributed by atoms with van der Waals surface area (Å²) in [5.74, 6) is 0.141. The van der Waals surface area contributed by atoms with E-state index in [-0.39, 0.29) is 0 Å². The quantitative estimate of drug-likeness (QED) is 0.250. The third-order valence-electron chi connectivity index (χ3n) is 4.34. The average Bonchev–Trinajstić information content (AvgIpc) is 2.76. The molecule has 158 valence electrons. The summed E-state index contributed by atoms with van der Waals surface area (Å²) in [5, 5.41) is 4.52. The van der Waals surface area contributed by atoms with Crippen molar-refractivity contribution < 1.29 is 19.1 Å². The van der Waals surface area contributed by atoms with E-state index < -0.39 is 18.0 Å². The first-order valence-corrected chi connectivity index (χ1v) is 9.93. The molecule has 0 heterocycles. The molecule has 0 spiro atoms. The smallest absolute Gasteiger partial charge is 0.343 e. The number of halogens is 1. The van der Waals surface area contributed by atoms with E-state index in [1.165, 1.54) is 6.21 Å². The molecule has 31 heavy (non-hydrogen) atoms. The topological polar surface area (TPSA) is 77.0 Å². The molecular formula is C24H21ClN2O4. The summed E-state index contributed by atoms with van der Waals surface area (Å²) in [5.41, 5.74) is 4.52. The van der Waals surface area contributed by atoms with Gasteiger partial charge in [-0.1, -0.05) is 29.8 Å². The summed E-state index contributed by atoms with van der Waals surface area (Å²) in [6, 6.07) is 20.7. The summed E-state index contributed by atoms with van der Waals surface area (Å²) < 4.78 is 10.9. The minimum absolute atomic E-state index is 0.394. The zero-order valence-electron chi connectivity index (χ0n) is 17.0. The molecule has 0 aliphatic rings. The molecule has 1 atom stereocenters. The molecule has 0 radical (unpaired) electrons. The Morgan fingerprint density at radius 1 is 0.968 bits per heavy atom. The van der Waals surface area contributed by atoms with Crippen LogP contribution in [0, 0.1) is 6.92 Å². The number of nitrogens with one attached hydrogen (secondary N) is 1. The van der Waals surface area contributed by atoms with Crippen LogP contribution in [-0.2, 0) is 4.79 Å². The van der Waals surface area contributed by atoms with Crippen LogP contribution >= 0.6 is 11.6 Å². The Kier molecular flexibility index (Phi) is 7.40. The lowest BCUT2D eigenvalue weighted by molar-refractivity contribution is -0.127. The molecule has 3 aromatic rings. The van der Waals surface area contributed by atoms with Gasteiger partial charge < -0.3 is 9.47 Å². The predicted octanol–water partition coefficient (Wildman–Crippen LogP) is 4.79. The number of aryl methyl sites for hydroxylation is 1. The zero-order valence-corrected chi connectivity index (χ0v) is 17.8. The molecule has 7 heteroatoms. The number of carbonyl (C=O) groups excluding carboxylic acids is 2. The highest BCUT2D eigenvalue weighted by molar-refractivity contribution is 6.30. The molecule has 0 aliphatic carbocycles. The molecule has 0 fully saturated rings. The highest BCUT2D eigenvalue weighted by Crippen LogP contribution is 2.17. The van der Waals surface area contributed by atoms with Gasteiger partial charge in [0.15, 0.2) is 6.10 Å². The maximum Gasteiger partial charge on any atom is 0.343 e. The third-order valence-corrected chi connectivity index (χ3v) is 4.59. The summed E-state index contributed by atoms with van der Waals surface area (Å²) >= 11 is 5.83. The van der Waals surface area contributed by atoms with Gasteiger partial charge in [0.2, 0.25) is 0 Å². The summed E-state index contributed by atoms with van der Waals surface area (Å²) in [4.78, 5) is 24.4. The van der Waals surface area contributed by atoms with Gasteiger partial charge in [0.05, 0.1) is 11.8 Å². The Balaban J connectivity index is 1.51. The van der Waals surface area contributed by atoms with Gasteiger partial charge in [-0.15, -0.1) is 0 Å². The first-order chi connectivity index (χ1) is 14.9. The lowest BCUT2D eigenvalue weighted by Crippen LogP contribution is -2.33. The second-order valence-corrected chi connectivity index (χ2v) is 7.16. The van der Waals surface area contributed by atoms with Gasteiger partial charge in [0.25, 0.3) is 5.91 Å². The molecule has 1 amide bonds. The van der Waals surface area contributed by atoms with Crippen LogP contribution in [0.2, 0.25) is 5.02 Å². The third kappa shape index (κ3) is 6.42. The number of carbonyl (C=O) groups is 2. The number of hydrogen-bond acceptors (Lipinski definition) is 5. The largest absolute Gasteiger partial charge is 0.481 e. The standard InChI is InChI=1S/C24H21ClN2O4/c1-16-5-3-4-6-22(16)24(29)31-21-11-7-18(8-12-21)15-26-27-23(28)17(2)30-20-13-9-19(25)10-14-20/h3-15,17H,1-2H3,(H,27,28)/b26-15+. The maximum absolute atomic E-state index is 12.3. The molecular weight excluding hydrogens is 416 g/mol. The van der Waals surface area contributed by atoms with Crippen molar-refractivity contribution in [2.24, 2.45) is 5.10 Å². The van der Waals surface area contributed by atoms with Crippen molar-refractivity contribution in [3.63, 3.8) is 0 Å². The van der Waals surface area contributed by atoms with Crippen molar-refractivity contribution in [2.45, 2.75) is 20.0 Å². The molecule has 3 aromatic carbocycles. The van der Waals surface area contributed by atoms with Crippen LogP contribution in [0.1, 0.15) is 28.4 Å². The predicted molar refractivity (Wildman–Crippen MR) is 120 cm³/mol. The number of ether oxygens (including phenoxy) is 2. The van der Waals surface area contributed by atoms with Gasteiger partial charge >= 0.3 is 5.97 Å². The van der Waals surface area contributed by atoms with Gasteiger partial charge in [0, 0.05) is 5.02 Å².